The minimum Gasteiger partial charge on any atom is -0.390 e. The van der Waals surface area contributed by atoms with Gasteiger partial charge in [0, 0.05) is 25.6 Å². The second kappa shape index (κ2) is 5.55. The normalized spacial score (nSPS) is 30.5. The Balaban J connectivity index is 1.69. The van der Waals surface area contributed by atoms with Gasteiger partial charge in [-0.2, -0.15) is 5.26 Å². The van der Waals surface area contributed by atoms with E-state index in [9.17, 15) is 5.11 Å². The van der Waals surface area contributed by atoms with Crippen LogP contribution in [-0.2, 0) is 6.54 Å². The molecule has 3 heteroatoms. The summed E-state index contributed by atoms with van der Waals surface area (Å²) in [5.41, 5.74) is 1.47. The van der Waals surface area contributed by atoms with E-state index in [1.807, 2.05) is 24.3 Å². The van der Waals surface area contributed by atoms with Gasteiger partial charge in [0.1, 0.15) is 0 Å². The molecule has 3 rings (SSSR count). The lowest BCUT2D eigenvalue weighted by Crippen LogP contribution is -2.53. The highest BCUT2D eigenvalue weighted by molar-refractivity contribution is 5.37. The van der Waals surface area contributed by atoms with Gasteiger partial charge in [-0.15, -0.1) is 0 Å². The summed E-state index contributed by atoms with van der Waals surface area (Å²) in [6.45, 7) is 2.74. The molecule has 2 atom stereocenters. The Morgan fingerprint density at radius 1 is 1.30 bits per heavy atom. The second-order valence-electron chi connectivity index (χ2n) is 6.30. The Morgan fingerprint density at radius 2 is 2.15 bits per heavy atom. The molecule has 0 bridgehead atoms. The van der Waals surface area contributed by atoms with Crippen LogP contribution in [0.4, 0.5) is 0 Å². The quantitative estimate of drug-likeness (QED) is 0.898. The maximum Gasteiger partial charge on any atom is 0.0995 e. The van der Waals surface area contributed by atoms with Crippen molar-refractivity contribution in [1.82, 2.24) is 4.90 Å². The van der Waals surface area contributed by atoms with Crippen LogP contribution in [0.1, 0.15) is 43.2 Å². The highest BCUT2D eigenvalue weighted by Gasteiger charge is 2.42. The average molecular weight is 270 g/mol. The van der Waals surface area contributed by atoms with Gasteiger partial charge in [-0.05, 0) is 30.9 Å². The molecule has 1 aliphatic heterocycles. The second-order valence-corrected chi connectivity index (χ2v) is 6.30. The number of likely N-dealkylation sites (tertiary alicyclic amines) is 1. The molecule has 2 unspecified atom stereocenters. The first-order valence-electron chi connectivity index (χ1n) is 7.64. The summed E-state index contributed by atoms with van der Waals surface area (Å²) in [6.07, 6.45) is 5.42. The minimum absolute atomic E-state index is 0.413. The highest BCUT2D eigenvalue weighted by Crippen LogP contribution is 2.40. The molecular weight excluding hydrogens is 248 g/mol. The van der Waals surface area contributed by atoms with Crippen molar-refractivity contribution in [2.45, 2.75) is 44.2 Å². The molecule has 106 valence electrons. The third kappa shape index (κ3) is 2.59. The fourth-order valence-corrected chi connectivity index (χ4v) is 3.79. The molecule has 0 amide bonds. The van der Waals surface area contributed by atoms with E-state index in [0.29, 0.717) is 5.92 Å². The molecule has 1 aromatic carbocycles. The molecule has 1 saturated heterocycles. The van der Waals surface area contributed by atoms with Gasteiger partial charge >= 0.3 is 0 Å². The molecule has 1 saturated carbocycles. The van der Waals surface area contributed by atoms with Crippen LogP contribution < -0.4 is 0 Å². The van der Waals surface area contributed by atoms with Gasteiger partial charge in [-0.25, -0.2) is 0 Å². The fourth-order valence-electron chi connectivity index (χ4n) is 3.79. The van der Waals surface area contributed by atoms with Crippen molar-refractivity contribution in [1.29, 1.82) is 5.26 Å². The summed E-state index contributed by atoms with van der Waals surface area (Å²) in [6, 6.07) is 10.1. The van der Waals surface area contributed by atoms with Crippen molar-refractivity contribution in [2.24, 2.45) is 5.92 Å². The van der Waals surface area contributed by atoms with Crippen LogP contribution in [0.15, 0.2) is 24.3 Å². The van der Waals surface area contributed by atoms with Crippen LogP contribution >= 0.6 is 0 Å². The first-order chi connectivity index (χ1) is 9.71. The Morgan fingerprint density at radius 3 is 3.00 bits per heavy atom. The van der Waals surface area contributed by atoms with E-state index in [0.717, 1.165) is 50.0 Å². The van der Waals surface area contributed by atoms with Gasteiger partial charge in [0.2, 0.25) is 0 Å². The summed E-state index contributed by atoms with van der Waals surface area (Å²) < 4.78 is 0. The zero-order chi connectivity index (χ0) is 14.0. The number of benzene rings is 1. The number of hydrogen-bond donors (Lipinski definition) is 1. The number of piperidine rings is 1. The molecule has 1 aromatic rings. The van der Waals surface area contributed by atoms with E-state index in [4.69, 9.17) is 5.26 Å². The number of fused-ring (bicyclic) bond motifs is 1. The molecule has 20 heavy (non-hydrogen) atoms. The maximum absolute atomic E-state index is 10.7. The molecule has 2 aliphatic rings. The van der Waals surface area contributed by atoms with Gasteiger partial charge in [-0.1, -0.05) is 31.0 Å². The molecule has 1 N–H and O–H groups in total. The number of hydrogen-bond acceptors (Lipinski definition) is 3. The Bertz CT molecular complexity index is 522. The van der Waals surface area contributed by atoms with Gasteiger partial charge in [0.25, 0.3) is 0 Å². The summed E-state index contributed by atoms with van der Waals surface area (Å²) in [5, 5.41) is 19.9. The van der Waals surface area contributed by atoms with E-state index >= 15 is 0 Å². The van der Waals surface area contributed by atoms with Crippen molar-refractivity contribution < 1.29 is 5.11 Å². The van der Waals surface area contributed by atoms with Crippen molar-refractivity contribution in [3.05, 3.63) is 35.4 Å². The summed E-state index contributed by atoms with van der Waals surface area (Å²) in [5.74, 6) is 0.416. The maximum atomic E-state index is 10.7. The molecule has 1 heterocycles. The molecule has 3 nitrogen and oxygen atoms in total. The number of nitrogens with zero attached hydrogens (tertiary/aromatic N) is 2. The topological polar surface area (TPSA) is 47.3 Å². The van der Waals surface area contributed by atoms with Gasteiger partial charge < -0.3 is 5.11 Å². The van der Waals surface area contributed by atoms with Crippen LogP contribution in [0.2, 0.25) is 0 Å². The zero-order valence-electron chi connectivity index (χ0n) is 11.9. The Hall–Kier alpha value is -1.37. The lowest BCUT2D eigenvalue weighted by Gasteiger charge is -2.47. The number of aliphatic hydroxyl groups is 1. The van der Waals surface area contributed by atoms with E-state index in [1.165, 1.54) is 12.8 Å². The average Bonchev–Trinajstić information content (AvgIpc) is 2.48. The molecule has 1 aliphatic carbocycles. The van der Waals surface area contributed by atoms with Crippen molar-refractivity contribution in [2.75, 3.05) is 13.1 Å². The first-order valence-corrected chi connectivity index (χ1v) is 7.64. The lowest BCUT2D eigenvalue weighted by atomic mass is 9.71. The number of rotatable bonds is 2. The van der Waals surface area contributed by atoms with Crippen LogP contribution in [0.25, 0.3) is 0 Å². The molecule has 2 fully saturated rings. The smallest absolute Gasteiger partial charge is 0.0995 e. The number of nitriles is 1. The predicted molar refractivity (Wildman–Crippen MR) is 78.0 cm³/mol. The largest absolute Gasteiger partial charge is 0.390 e. The van der Waals surface area contributed by atoms with Crippen LogP contribution in [-0.4, -0.2) is 28.7 Å². The van der Waals surface area contributed by atoms with Crippen molar-refractivity contribution in [3.8, 4) is 6.07 Å². The summed E-state index contributed by atoms with van der Waals surface area (Å²) >= 11 is 0. The standard InChI is InChI=1S/C17H22N2O/c18-11-14-5-1-2-6-15(14)12-19-10-9-17(20)8-4-3-7-16(17)13-19/h1-2,5-6,16,20H,3-4,7-10,12-13H2. The van der Waals surface area contributed by atoms with Crippen LogP contribution in [0.5, 0.6) is 0 Å². The summed E-state index contributed by atoms with van der Waals surface area (Å²) in [4.78, 5) is 2.40. The van der Waals surface area contributed by atoms with E-state index in [2.05, 4.69) is 11.0 Å². The Labute approximate surface area is 120 Å². The van der Waals surface area contributed by atoms with Crippen LogP contribution in [0.3, 0.4) is 0 Å². The molecule has 0 spiro atoms. The van der Waals surface area contributed by atoms with Gasteiger partial charge in [-0.3, -0.25) is 4.90 Å². The van der Waals surface area contributed by atoms with E-state index in [1.54, 1.807) is 0 Å². The molecular formula is C17H22N2O. The third-order valence-electron chi connectivity index (χ3n) is 5.04. The Kier molecular flexibility index (Phi) is 3.78. The highest BCUT2D eigenvalue weighted by atomic mass is 16.3. The lowest BCUT2D eigenvalue weighted by molar-refractivity contribution is -0.0967. The third-order valence-corrected chi connectivity index (χ3v) is 5.04. The van der Waals surface area contributed by atoms with Crippen molar-refractivity contribution in [3.63, 3.8) is 0 Å². The van der Waals surface area contributed by atoms with Gasteiger partial charge in [0.15, 0.2) is 0 Å². The minimum atomic E-state index is -0.413. The van der Waals surface area contributed by atoms with Crippen molar-refractivity contribution >= 4 is 0 Å². The molecule has 0 radical (unpaired) electrons. The summed E-state index contributed by atoms with van der Waals surface area (Å²) in [7, 11) is 0. The monoisotopic (exact) mass is 270 g/mol. The predicted octanol–water partition coefficient (Wildman–Crippen LogP) is 2.69. The SMILES string of the molecule is N#Cc1ccccc1CN1CCC2(O)CCCCC2C1. The zero-order valence-corrected chi connectivity index (χ0v) is 11.9. The van der Waals surface area contributed by atoms with Crippen LogP contribution in [0, 0.1) is 17.2 Å². The van der Waals surface area contributed by atoms with E-state index < -0.39 is 5.60 Å². The first kappa shape index (κ1) is 13.6. The fraction of sp³-hybridized carbons (Fsp3) is 0.588. The van der Waals surface area contributed by atoms with Gasteiger partial charge in [0.05, 0.1) is 17.2 Å². The molecule has 0 aromatic heterocycles. The van der Waals surface area contributed by atoms with E-state index in [-0.39, 0.29) is 0 Å².